The van der Waals surface area contributed by atoms with Crippen LogP contribution in [-0.2, 0) is 4.79 Å². The van der Waals surface area contributed by atoms with Gasteiger partial charge in [-0.05, 0) is 18.1 Å². The molecule has 0 fully saturated rings. The normalized spacial score (nSPS) is 11.1. The monoisotopic (exact) mass is 284 g/mol. The van der Waals surface area contributed by atoms with Crippen LogP contribution in [0.1, 0.15) is 24.2 Å². The molecular weight excluding hydrogens is 266 g/mol. The fraction of sp³-hybridized carbons (Fsp3) is 0.429. The van der Waals surface area contributed by atoms with Crippen LogP contribution in [-0.4, -0.2) is 36.2 Å². The van der Waals surface area contributed by atoms with E-state index in [-0.39, 0.29) is 24.6 Å². The maximum absolute atomic E-state index is 13.5. The zero-order chi connectivity index (χ0) is 15.3. The van der Waals surface area contributed by atoms with Crippen LogP contribution in [0.3, 0.4) is 0 Å². The van der Waals surface area contributed by atoms with Gasteiger partial charge in [0.1, 0.15) is 11.6 Å². The van der Waals surface area contributed by atoms with Crippen molar-refractivity contribution in [2.45, 2.75) is 13.8 Å². The third kappa shape index (κ3) is 5.05. The zero-order valence-corrected chi connectivity index (χ0v) is 11.5. The largest absolute Gasteiger partial charge is 0.369 e. The smallest absolute Gasteiger partial charge is 0.231 e. The number of nitrogens with two attached hydrogens (primary N) is 1. The fourth-order valence-corrected chi connectivity index (χ4v) is 1.93. The SMILES string of the molecule is CC(C)CN(CC(N)=O)CC(=O)c1ccc(F)cc1F. The number of carbonyl (C=O) groups excluding carboxylic acids is 2. The van der Waals surface area contributed by atoms with Crippen LogP contribution >= 0.6 is 0 Å². The van der Waals surface area contributed by atoms with Gasteiger partial charge in [0.25, 0.3) is 0 Å². The van der Waals surface area contributed by atoms with Gasteiger partial charge in [-0.25, -0.2) is 8.78 Å². The van der Waals surface area contributed by atoms with Crippen molar-refractivity contribution >= 4 is 11.7 Å². The van der Waals surface area contributed by atoms with Gasteiger partial charge in [0, 0.05) is 12.6 Å². The number of primary amides is 1. The summed E-state index contributed by atoms with van der Waals surface area (Å²) in [4.78, 5) is 24.5. The lowest BCUT2D eigenvalue weighted by Crippen LogP contribution is -2.39. The number of Topliss-reactive ketones (excluding diaryl/α,β-unsaturated/α-hetero) is 1. The van der Waals surface area contributed by atoms with Crippen molar-refractivity contribution in [2.75, 3.05) is 19.6 Å². The summed E-state index contributed by atoms with van der Waals surface area (Å²) in [5.74, 6) is -2.49. The molecule has 1 aromatic rings. The summed E-state index contributed by atoms with van der Waals surface area (Å²) in [6, 6.07) is 2.79. The molecule has 0 atom stereocenters. The molecule has 4 nitrogen and oxygen atoms in total. The van der Waals surface area contributed by atoms with Crippen LogP contribution in [0.5, 0.6) is 0 Å². The van der Waals surface area contributed by atoms with Gasteiger partial charge >= 0.3 is 0 Å². The Morgan fingerprint density at radius 2 is 1.90 bits per heavy atom. The maximum Gasteiger partial charge on any atom is 0.231 e. The summed E-state index contributed by atoms with van der Waals surface area (Å²) in [6.07, 6.45) is 0. The summed E-state index contributed by atoms with van der Waals surface area (Å²) >= 11 is 0. The molecule has 0 aromatic heterocycles. The molecule has 0 aliphatic rings. The van der Waals surface area contributed by atoms with Crippen LogP contribution < -0.4 is 5.73 Å². The van der Waals surface area contributed by atoms with Gasteiger partial charge in [-0.2, -0.15) is 0 Å². The minimum Gasteiger partial charge on any atom is -0.369 e. The Bertz CT molecular complexity index is 504. The number of nitrogens with zero attached hydrogens (tertiary/aromatic N) is 1. The number of rotatable bonds is 7. The molecule has 1 amide bonds. The first-order valence-corrected chi connectivity index (χ1v) is 6.28. The average molecular weight is 284 g/mol. The van der Waals surface area contributed by atoms with E-state index in [0.29, 0.717) is 12.6 Å². The second-order valence-electron chi connectivity index (χ2n) is 5.08. The first-order valence-electron chi connectivity index (χ1n) is 6.28. The number of halogens is 2. The molecule has 0 aliphatic heterocycles. The molecule has 0 saturated heterocycles. The minimum atomic E-state index is -0.904. The Morgan fingerprint density at radius 1 is 1.25 bits per heavy atom. The minimum absolute atomic E-state index is 0.0767. The van der Waals surface area contributed by atoms with E-state index >= 15 is 0 Å². The maximum atomic E-state index is 13.5. The molecule has 0 aliphatic carbocycles. The standard InChI is InChI=1S/C14H18F2N2O2/c1-9(2)6-18(8-14(17)20)7-13(19)11-4-3-10(15)5-12(11)16/h3-5,9H,6-8H2,1-2H3,(H2,17,20). The average Bonchev–Trinajstić information content (AvgIpc) is 2.26. The van der Waals surface area contributed by atoms with Crippen molar-refractivity contribution in [1.82, 2.24) is 4.90 Å². The Morgan fingerprint density at radius 3 is 2.40 bits per heavy atom. The van der Waals surface area contributed by atoms with E-state index in [0.717, 1.165) is 12.1 Å². The topological polar surface area (TPSA) is 63.4 Å². The van der Waals surface area contributed by atoms with Crippen molar-refractivity contribution in [2.24, 2.45) is 11.7 Å². The number of carbonyl (C=O) groups is 2. The molecule has 0 heterocycles. The molecule has 0 saturated carbocycles. The van der Waals surface area contributed by atoms with Gasteiger partial charge in [0.05, 0.1) is 18.7 Å². The highest BCUT2D eigenvalue weighted by Crippen LogP contribution is 2.11. The summed E-state index contributed by atoms with van der Waals surface area (Å²) in [5.41, 5.74) is 4.93. The van der Waals surface area contributed by atoms with E-state index in [4.69, 9.17) is 5.73 Å². The number of amides is 1. The van der Waals surface area contributed by atoms with Crippen LogP contribution in [0.15, 0.2) is 18.2 Å². The van der Waals surface area contributed by atoms with E-state index in [2.05, 4.69) is 0 Å². The van der Waals surface area contributed by atoms with Crippen LogP contribution in [0, 0.1) is 17.6 Å². The van der Waals surface area contributed by atoms with Crippen LogP contribution in [0.2, 0.25) is 0 Å². The van der Waals surface area contributed by atoms with E-state index in [1.165, 1.54) is 0 Å². The molecule has 1 aromatic carbocycles. The lowest BCUT2D eigenvalue weighted by molar-refractivity contribution is -0.119. The van der Waals surface area contributed by atoms with Crippen LogP contribution in [0.4, 0.5) is 8.78 Å². The van der Waals surface area contributed by atoms with Crippen molar-refractivity contribution in [1.29, 1.82) is 0 Å². The quantitative estimate of drug-likeness (QED) is 0.773. The number of hydrogen-bond acceptors (Lipinski definition) is 3. The van der Waals surface area contributed by atoms with Crippen molar-refractivity contribution < 1.29 is 18.4 Å². The molecule has 6 heteroatoms. The predicted molar refractivity (Wildman–Crippen MR) is 71.2 cm³/mol. The highest BCUT2D eigenvalue weighted by Gasteiger charge is 2.18. The highest BCUT2D eigenvalue weighted by molar-refractivity contribution is 5.98. The van der Waals surface area contributed by atoms with Gasteiger partial charge in [-0.3, -0.25) is 14.5 Å². The molecular formula is C14H18F2N2O2. The predicted octanol–water partition coefficient (Wildman–Crippen LogP) is 1.59. The lowest BCUT2D eigenvalue weighted by Gasteiger charge is -2.22. The molecule has 20 heavy (non-hydrogen) atoms. The molecule has 2 N–H and O–H groups in total. The van der Waals surface area contributed by atoms with Crippen molar-refractivity contribution in [3.8, 4) is 0 Å². The third-order valence-corrected chi connectivity index (χ3v) is 2.60. The fourth-order valence-electron chi connectivity index (χ4n) is 1.93. The summed E-state index contributed by atoms with van der Waals surface area (Å²) in [6.45, 7) is 4.13. The van der Waals surface area contributed by atoms with E-state index in [1.807, 2.05) is 13.8 Å². The Hall–Kier alpha value is -1.82. The first-order chi connectivity index (χ1) is 9.29. The van der Waals surface area contributed by atoms with Gasteiger partial charge in [-0.15, -0.1) is 0 Å². The summed E-state index contributed by atoms with van der Waals surface area (Å²) < 4.78 is 26.3. The molecule has 1 rings (SSSR count). The van der Waals surface area contributed by atoms with Gasteiger partial charge in [0.15, 0.2) is 5.78 Å². The summed E-state index contributed by atoms with van der Waals surface area (Å²) in [5, 5.41) is 0. The Kier molecular flexibility index (Phi) is 5.76. The molecule has 0 radical (unpaired) electrons. The Labute approximate surface area is 116 Å². The zero-order valence-electron chi connectivity index (χ0n) is 11.5. The first kappa shape index (κ1) is 16.2. The molecule has 0 spiro atoms. The molecule has 0 bridgehead atoms. The number of hydrogen-bond donors (Lipinski definition) is 1. The van der Waals surface area contributed by atoms with Gasteiger partial charge < -0.3 is 5.73 Å². The van der Waals surface area contributed by atoms with Crippen LogP contribution in [0.25, 0.3) is 0 Å². The lowest BCUT2D eigenvalue weighted by atomic mass is 10.1. The van der Waals surface area contributed by atoms with Gasteiger partial charge in [0.2, 0.25) is 5.91 Å². The highest BCUT2D eigenvalue weighted by atomic mass is 19.1. The van der Waals surface area contributed by atoms with Crippen molar-refractivity contribution in [3.63, 3.8) is 0 Å². The summed E-state index contributed by atoms with van der Waals surface area (Å²) in [7, 11) is 0. The second-order valence-corrected chi connectivity index (χ2v) is 5.08. The molecule has 0 unspecified atom stereocenters. The second kappa shape index (κ2) is 7.09. The third-order valence-electron chi connectivity index (χ3n) is 2.60. The van der Waals surface area contributed by atoms with Gasteiger partial charge in [-0.1, -0.05) is 13.8 Å². The number of ketones is 1. The van der Waals surface area contributed by atoms with Crippen molar-refractivity contribution in [3.05, 3.63) is 35.4 Å². The van der Waals surface area contributed by atoms with E-state index < -0.39 is 23.3 Å². The molecule has 110 valence electrons. The Balaban J connectivity index is 2.81. The van der Waals surface area contributed by atoms with E-state index in [9.17, 15) is 18.4 Å². The van der Waals surface area contributed by atoms with E-state index in [1.54, 1.807) is 4.90 Å². The number of benzene rings is 1.